The maximum absolute atomic E-state index is 6.04. The first-order valence-electron chi connectivity index (χ1n) is 7.36. The number of thioether (sulfide) groups is 1. The van der Waals surface area contributed by atoms with Gasteiger partial charge in [-0.2, -0.15) is 11.8 Å². The van der Waals surface area contributed by atoms with Gasteiger partial charge in [0.1, 0.15) is 0 Å². The van der Waals surface area contributed by atoms with E-state index in [9.17, 15) is 0 Å². The van der Waals surface area contributed by atoms with E-state index < -0.39 is 0 Å². The topological polar surface area (TPSA) is 38.0 Å². The van der Waals surface area contributed by atoms with E-state index in [4.69, 9.17) is 5.73 Å². The number of rotatable bonds is 6. The number of hydrogen-bond donors (Lipinski definition) is 2. The van der Waals surface area contributed by atoms with E-state index >= 15 is 0 Å². The zero-order chi connectivity index (χ0) is 11.7. The summed E-state index contributed by atoms with van der Waals surface area (Å²) in [4.78, 5) is 0. The lowest BCUT2D eigenvalue weighted by Gasteiger charge is -2.38. The van der Waals surface area contributed by atoms with Crippen LogP contribution < -0.4 is 11.1 Å². The second kappa shape index (κ2) is 5.10. The van der Waals surface area contributed by atoms with Crippen LogP contribution in [0.1, 0.15) is 38.5 Å². The Bertz CT molecular complexity index is 243. The molecule has 3 fully saturated rings. The van der Waals surface area contributed by atoms with Crippen molar-refractivity contribution in [2.75, 3.05) is 24.6 Å². The van der Waals surface area contributed by atoms with E-state index in [0.717, 1.165) is 24.3 Å². The second-order valence-corrected chi connectivity index (χ2v) is 7.54. The standard InChI is InChI=1S/C14H26N2S/c15-10-14(5-7-17-8-6-14)16-9-13(11-1-2-11)12-3-4-12/h11-13,16H,1-10,15H2. The summed E-state index contributed by atoms with van der Waals surface area (Å²) in [5.41, 5.74) is 6.32. The fourth-order valence-corrected chi connectivity index (χ4v) is 4.59. The summed E-state index contributed by atoms with van der Waals surface area (Å²) < 4.78 is 0. The van der Waals surface area contributed by atoms with Crippen LogP contribution >= 0.6 is 11.8 Å². The second-order valence-electron chi connectivity index (χ2n) is 6.32. The molecule has 0 aromatic heterocycles. The zero-order valence-electron chi connectivity index (χ0n) is 10.8. The van der Waals surface area contributed by atoms with Crippen molar-refractivity contribution in [1.29, 1.82) is 0 Å². The first kappa shape index (κ1) is 12.3. The van der Waals surface area contributed by atoms with Crippen molar-refractivity contribution in [3.8, 4) is 0 Å². The Morgan fingerprint density at radius 2 is 1.71 bits per heavy atom. The lowest BCUT2D eigenvalue weighted by Crippen LogP contribution is -2.55. The van der Waals surface area contributed by atoms with Gasteiger partial charge in [0.25, 0.3) is 0 Å². The highest BCUT2D eigenvalue weighted by Gasteiger charge is 2.42. The molecule has 0 atom stereocenters. The Morgan fingerprint density at radius 1 is 1.12 bits per heavy atom. The molecule has 2 saturated carbocycles. The maximum atomic E-state index is 6.04. The van der Waals surface area contributed by atoms with Crippen LogP contribution in [0.5, 0.6) is 0 Å². The predicted molar refractivity (Wildman–Crippen MR) is 75.3 cm³/mol. The quantitative estimate of drug-likeness (QED) is 0.763. The number of nitrogens with one attached hydrogen (secondary N) is 1. The molecule has 0 amide bonds. The first-order chi connectivity index (χ1) is 8.33. The third-order valence-electron chi connectivity index (χ3n) is 5.01. The number of hydrogen-bond acceptors (Lipinski definition) is 3. The van der Waals surface area contributed by atoms with Gasteiger partial charge in [0.2, 0.25) is 0 Å². The van der Waals surface area contributed by atoms with Gasteiger partial charge in [0.05, 0.1) is 0 Å². The van der Waals surface area contributed by atoms with Crippen LogP contribution in [-0.2, 0) is 0 Å². The molecule has 1 heterocycles. The van der Waals surface area contributed by atoms with Gasteiger partial charge in [0.15, 0.2) is 0 Å². The van der Waals surface area contributed by atoms with Crippen LogP contribution in [0, 0.1) is 17.8 Å². The van der Waals surface area contributed by atoms with Gasteiger partial charge >= 0.3 is 0 Å². The third-order valence-corrected chi connectivity index (χ3v) is 5.99. The van der Waals surface area contributed by atoms with Crippen LogP contribution in [0.25, 0.3) is 0 Å². The smallest absolute Gasteiger partial charge is 0.0319 e. The SMILES string of the molecule is NCC1(NCC(C2CC2)C2CC2)CCSCC1. The van der Waals surface area contributed by atoms with E-state index in [1.165, 1.54) is 56.6 Å². The molecule has 2 aliphatic carbocycles. The van der Waals surface area contributed by atoms with Crippen molar-refractivity contribution in [2.45, 2.75) is 44.1 Å². The third kappa shape index (κ3) is 2.99. The summed E-state index contributed by atoms with van der Waals surface area (Å²) in [7, 11) is 0. The van der Waals surface area contributed by atoms with Crippen LogP contribution in [0.15, 0.2) is 0 Å². The van der Waals surface area contributed by atoms with Gasteiger partial charge < -0.3 is 11.1 Å². The average molecular weight is 254 g/mol. The molecule has 3 N–H and O–H groups in total. The Labute approximate surface area is 109 Å². The Hall–Kier alpha value is 0.270. The summed E-state index contributed by atoms with van der Waals surface area (Å²) in [5, 5.41) is 3.89. The molecular weight excluding hydrogens is 228 g/mol. The molecule has 0 bridgehead atoms. The summed E-state index contributed by atoms with van der Waals surface area (Å²) >= 11 is 2.09. The lowest BCUT2D eigenvalue weighted by atomic mass is 9.90. The summed E-state index contributed by atoms with van der Waals surface area (Å²) in [6.45, 7) is 2.08. The van der Waals surface area contributed by atoms with Gasteiger partial charge in [-0.1, -0.05) is 0 Å². The molecule has 1 saturated heterocycles. The molecule has 3 heteroatoms. The minimum absolute atomic E-state index is 0.285. The summed E-state index contributed by atoms with van der Waals surface area (Å²) in [6.07, 6.45) is 8.53. The highest BCUT2D eigenvalue weighted by molar-refractivity contribution is 7.99. The molecule has 0 spiro atoms. The lowest BCUT2D eigenvalue weighted by molar-refractivity contribution is 0.263. The van der Waals surface area contributed by atoms with Gasteiger partial charge in [-0.05, 0) is 74.3 Å². The summed E-state index contributed by atoms with van der Waals surface area (Å²) in [5.74, 6) is 5.68. The van der Waals surface area contributed by atoms with E-state index in [1.54, 1.807) is 0 Å². The molecule has 98 valence electrons. The van der Waals surface area contributed by atoms with E-state index in [-0.39, 0.29) is 5.54 Å². The molecule has 17 heavy (non-hydrogen) atoms. The van der Waals surface area contributed by atoms with Crippen LogP contribution in [0.4, 0.5) is 0 Å². The van der Waals surface area contributed by atoms with E-state index in [0.29, 0.717) is 0 Å². The van der Waals surface area contributed by atoms with Crippen LogP contribution in [0.3, 0.4) is 0 Å². The minimum atomic E-state index is 0.285. The highest BCUT2D eigenvalue weighted by atomic mass is 32.2. The Morgan fingerprint density at radius 3 is 2.18 bits per heavy atom. The van der Waals surface area contributed by atoms with Gasteiger partial charge in [-0.15, -0.1) is 0 Å². The average Bonchev–Trinajstić information content (AvgIpc) is 3.24. The molecule has 3 aliphatic rings. The normalized spacial score (nSPS) is 28.6. The van der Waals surface area contributed by atoms with Crippen molar-refractivity contribution in [3.63, 3.8) is 0 Å². The van der Waals surface area contributed by atoms with Gasteiger partial charge in [0, 0.05) is 12.1 Å². The van der Waals surface area contributed by atoms with Crippen molar-refractivity contribution in [1.82, 2.24) is 5.32 Å². The maximum Gasteiger partial charge on any atom is 0.0319 e. The fourth-order valence-electron chi connectivity index (χ4n) is 3.32. The van der Waals surface area contributed by atoms with Gasteiger partial charge in [-0.3, -0.25) is 0 Å². The Kier molecular flexibility index (Phi) is 3.69. The van der Waals surface area contributed by atoms with Crippen molar-refractivity contribution >= 4 is 11.8 Å². The van der Waals surface area contributed by atoms with E-state index in [1.807, 2.05) is 0 Å². The number of nitrogens with two attached hydrogens (primary N) is 1. The predicted octanol–water partition coefficient (Wildman–Crippen LogP) is 2.24. The van der Waals surface area contributed by atoms with Crippen molar-refractivity contribution < 1.29 is 0 Å². The molecular formula is C14H26N2S. The summed E-state index contributed by atoms with van der Waals surface area (Å²) in [6, 6.07) is 0. The monoisotopic (exact) mass is 254 g/mol. The molecule has 3 rings (SSSR count). The van der Waals surface area contributed by atoms with Crippen LogP contribution in [0.2, 0.25) is 0 Å². The fraction of sp³-hybridized carbons (Fsp3) is 1.00. The van der Waals surface area contributed by atoms with Crippen molar-refractivity contribution in [2.24, 2.45) is 23.5 Å². The van der Waals surface area contributed by atoms with E-state index in [2.05, 4.69) is 17.1 Å². The molecule has 0 radical (unpaired) electrons. The molecule has 0 aromatic carbocycles. The highest BCUT2D eigenvalue weighted by Crippen LogP contribution is 2.49. The Balaban J connectivity index is 1.53. The molecule has 0 unspecified atom stereocenters. The molecule has 0 aromatic rings. The zero-order valence-corrected chi connectivity index (χ0v) is 11.6. The minimum Gasteiger partial charge on any atom is -0.329 e. The molecule has 2 nitrogen and oxygen atoms in total. The van der Waals surface area contributed by atoms with Gasteiger partial charge in [-0.25, -0.2) is 0 Å². The largest absolute Gasteiger partial charge is 0.329 e. The van der Waals surface area contributed by atoms with Crippen molar-refractivity contribution in [3.05, 3.63) is 0 Å². The van der Waals surface area contributed by atoms with Crippen LogP contribution in [-0.4, -0.2) is 30.1 Å². The first-order valence-corrected chi connectivity index (χ1v) is 8.51. The molecule has 1 aliphatic heterocycles.